The van der Waals surface area contributed by atoms with E-state index in [4.69, 9.17) is 28.1 Å². The van der Waals surface area contributed by atoms with Crippen molar-refractivity contribution in [2.24, 2.45) is 17.6 Å². The fraction of sp³-hybridized carbons (Fsp3) is 0.553. The average molecular weight is 747 g/mol. The van der Waals surface area contributed by atoms with Crippen molar-refractivity contribution >= 4 is 58.3 Å². The summed E-state index contributed by atoms with van der Waals surface area (Å²) in [5.74, 6) is 2.75. The lowest BCUT2D eigenvalue weighted by Crippen LogP contribution is -2.48. The Balaban J connectivity index is 0.830. The molecule has 7 rings (SSSR count). The topological polar surface area (TPSA) is 159 Å². The minimum Gasteiger partial charge on any atom is -0.384 e. The number of halogens is 1. The second-order valence-electron chi connectivity index (χ2n) is 15.3. The Morgan fingerprint density at radius 1 is 0.923 bits per heavy atom. The van der Waals surface area contributed by atoms with Gasteiger partial charge in [-0.1, -0.05) is 35.5 Å². The number of imide groups is 1. The number of nitrogens with zero attached hydrogens (tertiary/aromatic N) is 6. The van der Waals surface area contributed by atoms with E-state index in [-0.39, 0.29) is 23.3 Å². The molecule has 2 aromatic heterocycles. The van der Waals surface area contributed by atoms with Crippen molar-refractivity contribution in [2.75, 3.05) is 73.2 Å². The molecule has 0 aliphatic carbocycles. The minimum absolute atomic E-state index is 0.128. The Labute approximate surface area is 315 Å². The molecular formula is C38H51ClN10O2S. The molecule has 2 amide bonds. The molecule has 4 fully saturated rings. The maximum atomic E-state index is 12.2. The van der Waals surface area contributed by atoms with Gasteiger partial charge in [-0.3, -0.25) is 14.9 Å². The molecule has 6 N–H and O–H groups in total. The zero-order chi connectivity index (χ0) is 36.2. The largest absolute Gasteiger partial charge is 0.384 e. The molecule has 52 heavy (non-hydrogen) atoms. The smallest absolute Gasteiger partial charge is 0.234 e. The van der Waals surface area contributed by atoms with Crippen LogP contribution in [0, 0.1) is 11.8 Å². The molecule has 0 radical (unpaired) electrons. The van der Waals surface area contributed by atoms with Crippen LogP contribution in [0.3, 0.4) is 0 Å². The Morgan fingerprint density at radius 3 is 2.35 bits per heavy atom. The third-order valence-electron chi connectivity index (χ3n) is 11.3. The zero-order valence-electron chi connectivity index (χ0n) is 30.0. The van der Waals surface area contributed by atoms with Crippen LogP contribution in [0.2, 0.25) is 5.02 Å². The van der Waals surface area contributed by atoms with Gasteiger partial charge in [0.1, 0.15) is 16.7 Å². The van der Waals surface area contributed by atoms with Gasteiger partial charge >= 0.3 is 0 Å². The van der Waals surface area contributed by atoms with Crippen molar-refractivity contribution in [2.45, 2.75) is 79.7 Å². The van der Waals surface area contributed by atoms with Crippen LogP contribution < -0.4 is 31.9 Å². The molecule has 12 nitrogen and oxygen atoms in total. The molecule has 0 spiro atoms. The molecule has 14 heteroatoms. The maximum Gasteiger partial charge on any atom is 0.234 e. The summed E-state index contributed by atoms with van der Waals surface area (Å²) in [7, 11) is 0. The number of nitrogens with one attached hydrogen (secondary N) is 2. The number of nitrogen functional groups attached to an aromatic ring is 1. The van der Waals surface area contributed by atoms with E-state index in [9.17, 15) is 9.59 Å². The minimum atomic E-state index is -0.293. The normalized spacial score (nSPS) is 22.0. The number of pyridine rings is 1. The molecule has 278 valence electrons. The molecule has 6 heterocycles. The van der Waals surface area contributed by atoms with Gasteiger partial charge in [-0.2, -0.15) is 0 Å². The van der Waals surface area contributed by atoms with E-state index in [2.05, 4.69) is 42.2 Å². The highest BCUT2D eigenvalue weighted by Gasteiger charge is 2.30. The SMILES string of the molecule is CC1(N)CCN(c2cnc(Sc3cccc(NCC4CCN(CC5CCN(c6ccc(C7CCC(=O)NC7=O)cn6)CC5)CC4)c3Cl)c(N)n2)CC1. The van der Waals surface area contributed by atoms with Gasteiger partial charge in [0, 0.05) is 62.3 Å². The first kappa shape index (κ1) is 36.7. The van der Waals surface area contributed by atoms with Crippen molar-refractivity contribution in [3.63, 3.8) is 0 Å². The first-order valence-electron chi connectivity index (χ1n) is 18.7. The molecule has 4 aliphatic rings. The fourth-order valence-corrected chi connectivity index (χ4v) is 8.95. The van der Waals surface area contributed by atoms with Gasteiger partial charge in [0.15, 0.2) is 5.82 Å². The lowest BCUT2D eigenvalue weighted by atomic mass is 9.91. The summed E-state index contributed by atoms with van der Waals surface area (Å²) in [5, 5.41) is 7.41. The van der Waals surface area contributed by atoms with Crippen molar-refractivity contribution in [3.8, 4) is 0 Å². The maximum absolute atomic E-state index is 12.2. The van der Waals surface area contributed by atoms with Crippen molar-refractivity contribution in [3.05, 3.63) is 53.3 Å². The van der Waals surface area contributed by atoms with Crippen LogP contribution >= 0.6 is 23.4 Å². The summed E-state index contributed by atoms with van der Waals surface area (Å²) in [6.07, 6.45) is 11.0. The first-order chi connectivity index (χ1) is 25.1. The number of hydrogen-bond donors (Lipinski definition) is 4. The fourth-order valence-electron chi connectivity index (χ4n) is 7.83. The highest BCUT2D eigenvalue weighted by molar-refractivity contribution is 7.99. The number of likely N-dealkylation sites (tertiary alicyclic amines) is 1. The standard InChI is InChI=1S/C38H51ClN10O2S/c1-38(41)13-19-49(20-14-38)32-23-44-37(35(40)45-32)52-30-4-2-3-29(34(30)39)42-21-25-9-15-47(16-10-25)24-26-11-17-48(18-12-26)31-7-5-27(22-43-31)28-6-8-33(50)46-36(28)51/h2-5,7,22-23,25-26,28,42H,6,8-21,24,41H2,1H3,(H2,40,45)(H,46,50,51). The van der Waals surface area contributed by atoms with Crippen LogP contribution in [-0.4, -0.2) is 89.6 Å². The Morgan fingerprint density at radius 2 is 1.65 bits per heavy atom. The predicted molar refractivity (Wildman–Crippen MR) is 208 cm³/mol. The number of hydrogen-bond acceptors (Lipinski definition) is 12. The second kappa shape index (κ2) is 16.2. The predicted octanol–water partition coefficient (Wildman–Crippen LogP) is 5.14. The van der Waals surface area contributed by atoms with E-state index in [0.717, 1.165) is 106 Å². The Kier molecular flexibility index (Phi) is 11.4. The number of benzene rings is 1. The number of nitrogens with two attached hydrogens (primary N) is 2. The van der Waals surface area contributed by atoms with Gasteiger partial charge in [-0.15, -0.1) is 0 Å². The molecule has 3 aromatic rings. The summed E-state index contributed by atoms with van der Waals surface area (Å²) in [5.41, 5.74) is 14.4. The van der Waals surface area contributed by atoms with Gasteiger partial charge in [0.05, 0.1) is 22.8 Å². The van der Waals surface area contributed by atoms with Crippen molar-refractivity contribution in [1.82, 2.24) is 25.2 Å². The molecular weight excluding hydrogens is 696 g/mol. The highest BCUT2D eigenvalue weighted by atomic mass is 35.5. The number of piperidine rings is 4. The number of carbonyl (C=O) groups excluding carboxylic acids is 2. The summed E-state index contributed by atoms with van der Waals surface area (Å²) in [6, 6.07) is 10.1. The van der Waals surface area contributed by atoms with E-state index < -0.39 is 0 Å². The van der Waals surface area contributed by atoms with Crippen molar-refractivity contribution in [1.29, 1.82) is 0 Å². The van der Waals surface area contributed by atoms with Crippen LogP contribution in [0.5, 0.6) is 0 Å². The molecule has 4 aliphatic heterocycles. The Hall–Kier alpha value is -3.65. The van der Waals surface area contributed by atoms with Gasteiger partial charge < -0.3 is 31.5 Å². The molecule has 0 bridgehead atoms. The molecule has 4 saturated heterocycles. The van der Waals surface area contributed by atoms with E-state index >= 15 is 0 Å². The number of amides is 2. The lowest BCUT2D eigenvalue weighted by molar-refractivity contribution is -0.134. The van der Waals surface area contributed by atoms with Crippen LogP contribution in [0.25, 0.3) is 0 Å². The monoisotopic (exact) mass is 746 g/mol. The van der Waals surface area contributed by atoms with Crippen LogP contribution in [0.1, 0.15) is 69.8 Å². The van der Waals surface area contributed by atoms with Gasteiger partial charge in [-0.25, -0.2) is 15.0 Å². The Bertz CT molecular complexity index is 1720. The van der Waals surface area contributed by atoms with Crippen LogP contribution in [-0.2, 0) is 9.59 Å². The zero-order valence-corrected chi connectivity index (χ0v) is 31.6. The summed E-state index contributed by atoms with van der Waals surface area (Å²) in [4.78, 5) is 45.9. The number of carbonyl (C=O) groups is 2. The summed E-state index contributed by atoms with van der Waals surface area (Å²) >= 11 is 8.35. The van der Waals surface area contributed by atoms with Gasteiger partial charge in [0.25, 0.3) is 0 Å². The molecule has 0 saturated carbocycles. The third-order valence-corrected chi connectivity index (χ3v) is 12.9. The van der Waals surface area contributed by atoms with Gasteiger partial charge in [-0.05, 0) is 101 Å². The highest BCUT2D eigenvalue weighted by Crippen LogP contribution is 2.39. The van der Waals surface area contributed by atoms with Crippen LogP contribution in [0.4, 0.5) is 23.1 Å². The molecule has 1 unspecified atom stereocenters. The number of aromatic nitrogens is 3. The number of anilines is 4. The average Bonchev–Trinajstić information content (AvgIpc) is 3.14. The van der Waals surface area contributed by atoms with E-state index in [0.29, 0.717) is 40.5 Å². The molecule has 1 atom stereocenters. The number of rotatable bonds is 10. The second-order valence-corrected chi connectivity index (χ2v) is 16.7. The van der Waals surface area contributed by atoms with Crippen molar-refractivity contribution < 1.29 is 9.59 Å². The van der Waals surface area contributed by atoms with Gasteiger partial charge in [0.2, 0.25) is 11.8 Å². The first-order valence-corrected chi connectivity index (χ1v) is 19.9. The summed E-state index contributed by atoms with van der Waals surface area (Å²) in [6.45, 7) is 10.1. The third kappa shape index (κ3) is 8.92. The van der Waals surface area contributed by atoms with E-state index in [1.807, 2.05) is 36.5 Å². The molecule has 1 aromatic carbocycles. The van der Waals surface area contributed by atoms with E-state index in [1.165, 1.54) is 24.6 Å². The lowest BCUT2D eigenvalue weighted by Gasteiger charge is -2.38. The summed E-state index contributed by atoms with van der Waals surface area (Å²) < 4.78 is 0. The van der Waals surface area contributed by atoms with Crippen LogP contribution in [0.15, 0.2) is 52.6 Å². The van der Waals surface area contributed by atoms with E-state index in [1.54, 1.807) is 6.20 Å². The quantitative estimate of drug-likeness (QED) is 0.203.